The first-order valence-electron chi connectivity index (χ1n) is 5.45. The lowest BCUT2D eigenvalue weighted by atomic mass is 10.2. The number of anilines is 1. The number of carbonyl (C=O) groups excluding carboxylic acids is 1. The molecule has 0 saturated carbocycles. The van der Waals surface area contributed by atoms with Crippen molar-refractivity contribution in [2.24, 2.45) is 0 Å². The van der Waals surface area contributed by atoms with Crippen molar-refractivity contribution in [1.82, 2.24) is 14.9 Å². The topological polar surface area (TPSA) is 72.9 Å². The Labute approximate surface area is 101 Å². The molecule has 1 aliphatic heterocycles. The number of hydrogen-bond acceptors (Lipinski definition) is 3. The fourth-order valence-electron chi connectivity index (χ4n) is 2.29. The molecule has 5 nitrogen and oxygen atoms in total. The van der Waals surface area contributed by atoms with Crippen molar-refractivity contribution >= 4 is 22.9 Å². The van der Waals surface area contributed by atoms with Crippen LogP contribution in [-0.4, -0.2) is 22.0 Å². The highest BCUT2D eigenvalue weighted by molar-refractivity contribution is 5.82. The molecule has 2 heterocycles. The van der Waals surface area contributed by atoms with Crippen LogP contribution >= 0.6 is 0 Å². The van der Waals surface area contributed by atoms with Crippen LogP contribution in [0, 0.1) is 11.6 Å². The van der Waals surface area contributed by atoms with Crippen molar-refractivity contribution in [3.63, 3.8) is 0 Å². The van der Waals surface area contributed by atoms with Gasteiger partial charge in [-0.05, 0) is 0 Å². The number of aromatic nitrogens is 2. The van der Waals surface area contributed by atoms with Crippen LogP contribution in [0.25, 0.3) is 11.0 Å². The maximum atomic E-state index is 13.6. The minimum atomic E-state index is -0.757. The van der Waals surface area contributed by atoms with E-state index in [4.69, 9.17) is 5.73 Å². The average molecular weight is 252 g/mol. The summed E-state index contributed by atoms with van der Waals surface area (Å²) in [7, 11) is 0. The number of benzene rings is 1. The smallest absolute Gasteiger partial charge is 0.222 e. The summed E-state index contributed by atoms with van der Waals surface area (Å²) in [6.45, 7) is 0.382. The Morgan fingerprint density at radius 1 is 1.44 bits per heavy atom. The second-order valence-corrected chi connectivity index (χ2v) is 4.26. The molecular formula is C11H10F2N4O. The largest absolute Gasteiger partial charge is 0.369 e. The first kappa shape index (κ1) is 10.9. The summed E-state index contributed by atoms with van der Waals surface area (Å²) >= 11 is 0. The van der Waals surface area contributed by atoms with Gasteiger partial charge in [0.05, 0.1) is 11.6 Å². The van der Waals surface area contributed by atoms with Gasteiger partial charge in [0.25, 0.3) is 0 Å². The standard InChI is InChI=1S/C11H10F2N4O/c12-5-1-7(13)10-8(2-5)17(11(14)16-10)6-3-9(18)15-4-6/h1-2,6H,3-4H2,(H2,14,16)(H,15,18). The molecule has 0 aliphatic carbocycles. The second kappa shape index (κ2) is 3.66. The van der Waals surface area contributed by atoms with E-state index < -0.39 is 11.6 Å². The number of nitrogen functional groups attached to an aromatic ring is 1. The van der Waals surface area contributed by atoms with E-state index in [-0.39, 0.29) is 35.4 Å². The number of fused-ring (bicyclic) bond motifs is 1. The molecule has 0 bridgehead atoms. The van der Waals surface area contributed by atoms with Gasteiger partial charge in [-0.2, -0.15) is 0 Å². The fraction of sp³-hybridized carbons (Fsp3) is 0.273. The molecule has 3 N–H and O–H groups in total. The Morgan fingerprint density at radius 3 is 2.89 bits per heavy atom. The van der Waals surface area contributed by atoms with Gasteiger partial charge in [0.15, 0.2) is 5.82 Å². The lowest BCUT2D eigenvalue weighted by Gasteiger charge is -2.12. The van der Waals surface area contributed by atoms with E-state index in [9.17, 15) is 13.6 Å². The minimum Gasteiger partial charge on any atom is -0.369 e. The zero-order chi connectivity index (χ0) is 12.9. The summed E-state index contributed by atoms with van der Waals surface area (Å²) < 4.78 is 28.3. The molecular weight excluding hydrogens is 242 g/mol. The van der Waals surface area contributed by atoms with Gasteiger partial charge in [-0.1, -0.05) is 0 Å². The Kier molecular flexibility index (Phi) is 2.22. The van der Waals surface area contributed by atoms with Gasteiger partial charge in [-0.15, -0.1) is 0 Å². The predicted molar refractivity (Wildman–Crippen MR) is 60.7 cm³/mol. The van der Waals surface area contributed by atoms with E-state index >= 15 is 0 Å². The summed E-state index contributed by atoms with van der Waals surface area (Å²) in [6.07, 6.45) is 0.230. The van der Waals surface area contributed by atoms with E-state index in [1.165, 1.54) is 10.6 Å². The zero-order valence-electron chi connectivity index (χ0n) is 9.28. The van der Waals surface area contributed by atoms with Gasteiger partial charge < -0.3 is 15.6 Å². The summed E-state index contributed by atoms with van der Waals surface area (Å²) in [5.74, 6) is -1.49. The van der Waals surface area contributed by atoms with Crippen LogP contribution in [0.4, 0.5) is 14.7 Å². The highest BCUT2D eigenvalue weighted by Gasteiger charge is 2.27. The summed E-state index contributed by atoms with van der Waals surface area (Å²) in [6, 6.07) is 1.67. The van der Waals surface area contributed by atoms with Gasteiger partial charge in [-0.3, -0.25) is 4.79 Å². The monoisotopic (exact) mass is 252 g/mol. The van der Waals surface area contributed by atoms with E-state index in [0.717, 1.165) is 6.07 Å². The molecule has 1 aromatic carbocycles. The Morgan fingerprint density at radius 2 is 2.22 bits per heavy atom. The first-order chi connectivity index (χ1) is 8.56. The van der Waals surface area contributed by atoms with E-state index in [0.29, 0.717) is 6.54 Å². The van der Waals surface area contributed by atoms with Gasteiger partial charge in [-0.25, -0.2) is 13.8 Å². The van der Waals surface area contributed by atoms with E-state index in [1.54, 1.807) is 0 Å². The van der Waals surface area contributed by atoms with Crippen molar-refractivity contribution in [3.05, 3.63) is 23.8 Å². The number of halogens is 2. The van der Waals surface area contributed by atoms with Gasteiger partial charge >= 0.3 is 0 Å². The molecule has 1 aromatic heterocycles. The fourth-order valence-corrected chi connectivity index (χ4v) is 2.29. The number of imidazole rings is 1. The van der Waals surface area contributed by atoms with Gasteiger partial charge in [0.2, 0.25) is 11.9 Å². The quantitative estimate of drug-likeness (QED) is 0.793. The lowest BCUT2D eigenvalue weighted by molar-refractivity contribution is -0.119. The van der Waals surface area contributed by atoms with Crippen LogP contribution in [-0.2, 0) is 4.79 Å². The maximum Gasteiger partial charge on any atom is 0.222 e. The number of amides is 1. The number of hydrogen-bond donors (Lipinski definition) is 2. The summed E-state index contributed by atoms with van der Waals surface area (Å²) in [5.41, 5.74) is 6.01. The molecule has 1 aliphatic rings. The highest BCUT2D eigenvalue weighted by atomic mass is 19.1. The molecule has 1 amide bonds. The van der Waals surface area contributed by atoms with Crippen LogP contribution in [0.5, 0.6) is 0 Å². The van der Waals surface area contributed by atoms with Crippen LogP contribution in [0.15, 0.2) is 12.1 Å². The number of nitrogens with zero attached hydrogens (tertiary/aromatic N) is 2. The van der Waals surface area contributed by atoms with E-state index in [1.807, 2.05) is 0 Å². The van der Waals surface area contributed by atoms with Gasteiger partial charge in [0.1, 0.15) is 11.3 Å². The third kappa shape index (κ3) is 1.51. The molecule has 1 atom stereocenters. The summed E-state index contributed by atoms with van der Waals surface area (Å²) in [4.78, 5) is 15.1. The lowest BCUT2D eigenvalue weighted by Crippen LogP contribution is -2.16. The molecule has 94 valence electrons. The third-order valence-electron chi connectivity index (χ3n) is 3.06. The second-order valence-electron chi connectivity index (χ2n) is 4.26. The maximum absolute atomic E-state index is 13.6. The van der Waals surface area contributed by atoms with Crippen LogP contribution < -0.4 is 11.1 Å². The molecule has 0 radical (unpaired) electrons. The average Bonchev–Trinajstić information content (AvgIpc) is 2.82. The molecule has 1 saturated heterocycles. The Balaban J connectivity index is 2.22. The predicted octanol–water partition coefficient (Wildman–Crippen LogP) is 0.958. The SMILES string of the molecule is Nc1nc2c(F)cc(F)cc2n1C1CNC(=O)C1. The van der Waals surface area contributed by atoms with Crippen LogP contribution in [0.2, 0.25) is 0 Å². The zero-order valence-corrected chi connectivity index (χ0v) is 9.28. The summed E-state index contributed by atoms with van der Waals surface area (Å²) in [5, 5.41) is 2.65. The number of nitrogens with two attached hydrogens (primary N) is 1. The van der Waals surface area contributed by atoms with Crippen molar-refractivity contribution in [3.8, 4) is 0 Å². The molecule has 18 heavy (non-hydrogen) atoms. The van der Waals surface area contributed by atoms with Gasteiger partial charge in [0, 0.05) is 25.1 Å². The van der Waals surface area contributed by atoms with Crippen LogP contribution in [0.3, 0.4) is 0 Å². The van der Waals surface area contributed by atoms with Crippen molar-refractivity contribution in [2.75, 3.05) is 12.3 Å². The molecule has 3 rings (SSSR count). The number of nitrogens with one attached hydrogen (secondary N) is 1. The molecule has 1 unspecified atom stereocenters. The molecule has 2 aromatic rings. The first-order valence-corrected chi connectivity index (χ1v) is 5.45. The number of rotatable bonds is 1. The normalized spacial score (nSPS) is 19.4. The third-order valence-corrected chi connectivity index (χ3v) is 3.06. The Bertz CT molecular complexity index is 652. The van der Waals surface area contributed by atoms with E-state index in [2.05, 4.69) is 10.3 Å². The Hall–Kier alpha value is -2.18. The van der Waals surface area contributed by atoms with Crippen molar-refractivity contribution in [1.29, 1.82) is 0 Å². The molecule has 7 heteroatoms. The van der Waals surface area contributed by atoms with Crippen molar-refractivity contribution < 1.29 is 13.6 Å². The van der Waals surface area contributed by atoms with Crippen molar-refractivity contribution in [2.45, 2.75) is 12.5 Å². The minimum absolute atomic E-state index is 0.0215. The molecule has 1 fully saturated rings. The van der Waals surface area contributed by atoms with Crippen LogP contribution in [0.1, 0.15) is 12.5 Å². The number of carbonyl (C=O) groups is 1. The highest BCUT2D eigenvalue weighted by Crippen LogP contribution is 2.28. The molecule has 0 spiro atoms.